The van der Waals surface area contributed by atoms with Gasteiger partial charge in [-0.2, -0.15) is 0 Å². The molecule has 1 rings (SSSR count). The molecule has 0 radical (unpaired) electrons. The van der Waals surface area contributed by atoms with Crippen molar-refractivity contribution in [1.82, 2.24) is 5.32 Å². The number of carbonyl (C=O) groups is 2. The number of amides is 1. The number of aliphatic carboxylic acids is 1. The molecule has 4 N–H and O–H groups in total. The van der Waals surface area contributed by atoms with E-state index in [9.17, 15) is 9.59 Å². The van der Waals surface area contributed by atoms with Crippen LogP contribution in [0.2, 0.25) is 0 Å². The van der Waals surface area contributed by atoms with Gasteiger partial charge in [0.1, 0.15) is 6.04 Å². The van der Waals surface area contributed by atoms with E-state index in [1.165, 1.54) is 11.8 Å². The van der Waals surface area contributed by atoms with Crippen LogP contribution < -0.4 is 11.1 Å². The molecule has 1 saturated heterocycles. The average Bonchev–Trinajstić information content (AvgIpc) is 2.36. The molecule has 1 atom stereocenters. The molecular weight excluding hydrogens is 268 g/mol. The SMILES string of the molecule is CC(C)(SCC(=O)NC1CCOCC1)[C@@H](N)C(=O)O. The first-order chi connectivity index (χ1) is 8.83. The Labute approximate surface area is 117 Å². The van der Waals surface area contributed by atoms with E-state index in [1.807, 2.05) is 0 Å². The fourth-order valence-electron chi connectivity index (χ4n) is 1.75. The number of carbonyl (C=O) groups excluding carboxylic acids is 1. The van der Waals surface area contributed by atoms with Crippen LogP contribution in [0.15, 0.2) is 0 Å². The largest absolute Gasteiger partial charge is 0.480 e. The van der Waals surface area contributed by atoms with E-state index < -0.39 is 16.8 Å². The van der Waals surface area contributed by atoms with Crippen LogP contribution in [0.1, 0.15) is 26.7 Å². The second kappa shape index (κ2) is 7.12. The number of hydrogen-bond acceptors (Lipinski definition) is 5. The van der Waals surface area contributed by atoms with Crippen LogP contribution in [0.5, 0.6) is 0 Å². The Morgan fingerprint density at radius 3 is 2.58 bits per heavy atom. The maximum Gasteiger partial charge on any atom is 0.321 e. The molecule has 1 aliphatic rings. The number of ether oxygens (including phenoxy) is 1. The van der Waals surface area contributed by atoms with Crippen molar-refractivity contribution < 1.29 is 19.4 Å². The Hall–Kier alpha value is -0.790. The zero-order valence-electron chi connectivity index (χ0n) is 11.3. The summed E-state index contributed by atoms with van der Waals surface area (Å²) in [6, 6.07) is -0.827. The van der Waals surface area contributed by atoms with Gasteiger partial charge < -0.3 is 20.9 Å². The summed E-state index contributed by atoms with van der Waals surface area (Å²) in [6.07, 6.45) is 1.66. The van der Waals surface area contributed by atoms with Crippen molar-refractivity contribution in [3.63, 3.8) is 0 Å². The number of carboxylic acids is 1. The topological polar surface area (TPSA) is 102 Å². The Kier molecular flexibility index (Phi) is 6.09. The van der Waals surface area contributed by atoms with E-state index in [1.54, 1.807) is 13.8 Å². The van der Waals surface area contributed by atoms with Gasteiger partial charge in [-0.1, -0.05) is 0 Å². The van der Waals surface area contributed by atoms with Gasteiger partial charge in [-0.15, -0.1) is 11.8 Å². The summed E-state index contributed by atoms with van der Waals surface area (Å²) in [5, 5.41) is 11.8. The molecule has 1 amide bonds. The molecule has 0 aromatic carbocycles. The van der Waals surface area contributed by atoms with Crippen molar-refractivity contribution in [2.24, 2.45) is 5.73 Å². The molecule has 0 aromatic heterocycles. The lowest BCUT2D eigenvalue weighted by Gasteiger charge is -2.28. The molecule has 0 spiro atoms. The minimum atomic E-state index is -1.05. The molecule has 110 valence electrons. The second-order valence-electron chi connectivity index (χ2n) is 5.16. The molecule has 1 aliphatic heterocycles. The lowest BCUT2D eigenvalue weighted by molar-refractivity contribution is -0.139. The van der Waals surface area contributed by atoms with Gasteiger partial charge in [0, 0.05) is 24.0 Å². The third-order valence-electron chi connectivity index (χ3n) is 3.18. The van der Waals surface area contributed by atoms with Gasteiger partial charge in [0.2, 0.25) is 5.91 Å². The van der Waals surface area contributed by atoms with Crippen molar-refractivity contribution in [3.05, 3.63) is 0 Å². The minimum Gasteiger partial charge on any atom is -0.480 e. The van der Waals surface area contributed by atoms with Crippen molar-refractivity contribution in [3.8, 4) is 0 Å². The molecule has 7 heteroatoms. The molecule has 0 saturated carbocycles. The normalized spacial score (nSPS) is 18.9. The summed E-state index contributed by atoms with van der Waals surface area (Å²) in [5.41, 5.74) is 5.60. The maximum atomic E-state index is 11.8. The maximum absolute atomic E-state index is 11.8. The highest BCUT2D eigenvalue weighted by Gasteiger charge is 2.33. The van der Waals surface area contributed by atoms with Crippen LogP contribution >= 0.6 is 11.8 Å². The summed E-state index contributed by atoms with van der Waals surface area (Å²) < 4.78 is 4.53. The molecule has 1 heterocycles. The molecule has 0 unspecified atom stereocenters. The lowest BCUT2D eigenvalue weighted by atomic mass is 10.1. The number of thioether (sulfide) groups is 1. The molecular formula is C12H22N2O4S. The van der Waals surface area contributed by atoms with E-state index >= 15 is 0 Å². The number of carboxylic acid groups (broad SMARTS) is 1. The first-order valence-electron chi connectivity index (χ1n) is 6.32. The van der Waals surface area contributed by atoms with Crippen LogP contribution in [-0.4, -0.2) is 52.8 Å². The number of rotatable bonds is 6. The van der Waals surface area contributed by atoms with E-state index in [0.717, 1.165) is 12.8 Å². The zero-order chi connectivity index (χ0) is 14.5. The monoisotopic (exact) mass is 290 g/mol. The van der Waals surface area contributed by atoms with E-state index in [-0.39, 0.29) is 17.7 Å². The molecule has 6 nitrogen and oxygen atoms in total. The van der Waals surface area contributed by atoms with Crippen LogP contribution in [0.4, 0.5) is 0 Å². The predicted octanol–water partition coefficient (Wildman–Crippen LogP) is 0.205. The summed E-state index contributed by atoms with van der Waals surface area (Å²) in [4.78, 5) is 22.6. The van der Waals surface area contributed by atoms with E-state index in [0.29, 0.717) is 13.2 Å². The molecule has 1 fully saturated rings. The van der Waals surface area contributed by atoms with E-state index in [4.69, 9.17) is 15.6 Å². The first kappa shape index (κ1) is 16.3. The Bertz CT molecular complexity index is 330. The number of nitrogens with one attached hydrogen (secondary N) is 1. The van der Waals surface area contributed by atoms with Gasteiger partial charge in [-0.3, -0.25) is 9.59 Å². The quantitative estimate of drug-likeness (QED) is 0.646. The van der Waals surface area contributed by atoms with Crippen molar-refractivity contribution in [2.75, 3.05) is 19.0 Å². The highest BCUT2D eigenvalue weighted by atomic mass is 32.2. The third kappa shape index (κ3) is 5.38. The number of hydrogen-bond donors (Lipinski definition) is 3. The lowest BCUT2D eigenvalue weighted by Crippen LogP contribution is -2.48. The predicted molar refractivity (Wildman–Crippen MR) is 74.1 cm³/mol. The van der Waals surface area contributed by atoms with Gasteiger partial charge in [0.15, 0.2) is 0 Å². The van der Waals surface area contributed by atoms with Crippen molar-refractivity contribution in [1.29, 1.82) is 0 Å². The standard InChI is InChI=1S/C12H22N2O4S/c1-12(2,10(13)11(16)17)19-7-9(15)14-8-3-5-18-6-4-8/h8,10H,3-7,13H2,1-2H3,(H,14,15)(H,16,17)/t10-/m0/s1. The molecule has 0 bridgehead atoms. The summed E-state index contributed by atoms with van der Waals surface area (Å²) >= 11 is 1.26. The first-order valence-corrected chi connectivity index (χ1v) is 7.31. The average molecular weight is 290 g/mol. The third-order valence-corrected chi connectivity index (χ3v) is 4.58. The molecule has 0 aromatic rings. The fraction of sp³-hybridized carbons (Fsp3) is 0.833. The van der Waals surface area contributed by atoms with Crippen molar-refractivity contribution >= 4 is 23.6 Å². The Morgan fingerprint density at radius 1 is 1.47 bits per heavy atom. The Morgan fingerprint density at radius 2 is 2.05 bits per heavy atom. The summed E-state index contributed by atoms with van der Waals surface area (Å²) in [5.74, 6) is -0.921. The van der Waals surface area contributed by atoms with Gasteiger partial charge in [-0.05, 0) is 26.7 Å². The van der Waals surface area contributed by atoms with Crippen LogP contribution in [0.25, 0.3) is 0 Å². The smallest absolute Gasteiger partial charge is 0.321 e. The molecule has 0 aliphatic carbocycles. The van der Waals surface area contributed by atoms with Crippen LogP contribution in [0, 0.1) is 0 Å². The highest BCUT2D eigenvalue weighted by Crippen LogP contribution is 2.27. The Balaban J connectivity index is 2.34. The highest BCUT2D eigenvalue weighted by molar-refractivity contribution is 8.01. The number of nitrogens with two attached hydrogens (primary N) is 1. The van der Waals surface area contributed by atoms with Gasteiger partial charge in [0.05, 0.1) is 5.75 Å². The minimum absolute atomic E-state index is 0.0810. The van der Waals surface area contributed by atoms with E-state index in [2.05, 4.69) is 5.32 Å². The van der Waals surface area contributed by atoms with Crippen molar-refractivity contribution in [2.45, 2.75) is 43.5 Å². The van der Waals surface area contributed by atoms with Gasteiger partial charge in [-0.25, -0.2) is 0 Å². The molecule has 19 heavy (non-hydrogen) atoms. The fourth-order valence-corrected chi connectivity index (χ4v) is 2.62. The summed E-state index contributed by atoms with van der Waals surface area (Å²) in [7, 11) is 0. The zero-order valence-corrected chi connectivity index (χ0v) is 12.2. The second-order valence-corrected chi connectivity index (χ2v) is 6.79. The van der Waals surface area contributed by atoms with Gasteiger partial charge >= 0.3 is 5.97 Å². The van der Waals surface area contributed by atoms with Crippen LogP contribution in [0.3, 0.4) is 0 Å². The van der Waals surface area contributed by atoms with Crippen LogP contribution in [-0.2, 0) is 14.3 Å². The van der Waals surface area contributed by atoms with Gasteiger partial charge in [0.25, 0.3) is 0 Å². The summed E-state index contributed by atoms with van der Waals surface area (Å²) in [6.45, 7) is 4.82.